The van der Waals surface area contributed by atoms with Crippen LogP contribution in [0.5, 0.6) is 0 Å². The summed E-state index contributed by atoms with van der Waals surface area (Å²) in [6.07, 6.45) is 22.1. The third-order valence-electron chi connectivity index (χ3n) is 9.58. The third kappa shape index (κ3) is 12.3. The van der Waals surface area contributed by atoms with Gasteiger partial charge in [0.1, 0.15) is 0 Å². The fourth-order valence-corrected chi connectivity index (χ4v) is 6.69. The van der Waals surface area contributed by atoms with Gasteiger partial charge in [-0.3, -0.25) is 0 Å². The lowest BCUT2D eigenvalue weighted by Gasteiger charge is -2.12. The Bertz CT molecular complexity index is 1310. The average Bonchev–Trinajstić information content (AvgIpc) is 3.06. The van der Waals surface area contributed by atoms with Crippen LogP contribution in [0.4, 0.5) is 11.4 Å². The minimum Gasteiger partial charge on any atom is -0.399 e. The van der Waals surface area contributed by atoms with E-state index in [1.807, 2.05) is 0 Å². The van der Waals surface area contributed by atoms with Gasteiger partial charge in [0.2, 0.25) is 0 Å². The predicted octanol–water partition coefficient (Wildman–Crippen LogP) is 11.6. The fourth-order valence-electron chi connectivity index (χ4n) is 6.69. The van der Waals surface area contributed by atoms with Crippen molar-refractivity contribution in [2.75, 3.05) is 11.5 Å². The molecule has 4 N–H and O–H groups in total. The number of nitrogen functional groups attached to an aromatic ring is 2. The lowest BCUT2D eigenvalue weighted by molar-refractivity contribution is 0.594. The highest BCUT2D eigenvalue weighted by molar-refractivity contribution is 5.47. The number of rotatable bonds is 21. The predicted molar refractivity (Wildman–Crippen MR) is 202 cm³/mol. The molecule has 4 rings (SSSR count). The topological polar surface area (TPSA) is 52.0 Å². The summed E-state index contributed by atoms with van der Waals surface area (Å²) in [6, 6.07) is 31.6. The molecule has 0 radical (unpaired) electrons. The van der Waals surface area contributed by atoms with Gasteiger partial charge in [-0.15, -0.1) is 0 Å². The van der Waals surface area contributed by atoms with Crippen LogP contribution in [-0.2, 0) is 38.5 Å². The van der Waals surface area contributed by atoms with Gasteiger partial charge in [-0.05, 0) is 133 Å². The number of hydrogen-bond acceptors (Lipinski definition) is 2. The van der Waals surface area contributed by atoms with Crippen LogP contribution in [0.2, 0.25) is 0 Å². The highest BCUT2D eigenvalue weighted by Gasteiger charge is 2.07. The lowest BCUT2D eigenvalue weighted by Crippen LogP contribution is -1.99. The van der Waals surface area contributed by atoms with Crippen molar-refractivity contribution in [3.63, 3.8) is 0 Å². The van der Waals surface area contributed by atoms with E-state index >= 15 is 0 Å². The maximum absolute atomic E-state index is 6.10. The van der Waals surface area contributed by atoms with E-state index in [2.05, 4.69) is 98.8 Å². The van der Waals surface area contributed by atoms with Crippen molar-refractivity contribution in [1.82, 2.24) is 0 Å². The molecule has 0 aromatic heterocycles. The van der Waals surface area contributed by atoms with E-state index < -0.39 is 0 Å². The van der Waals surface area contributed by atoms with Crippen molar-refractivity contribution in [2.24, 2.45) is 0 Å². The van der Waals surface area contributed by atoms with E-state index in [1.165, 1.54) is 134 Å². The number of benzene rings is 4. The van der Waals surface area contributed by atoms with Gasteiger partial charge in [-0.25, -0.2) is 0 Å². The summed E-state index contributed by atoms with van der Waals surface area (Å²) in [5.41, 5.74) is 25.4. The summed E-state index contributed by atoms with van der Waals surface area (Å²) in [4.78, 5) is 0. The van der Waals surface area contributed by atoms with E-state index in [4.69, 9.17) is 11.5 Å². The molecule has 0 bridgehead atoms. The second-order valence-electron chi connectivity index (χ2n) is 13.6. The summed E-state index contributed by atoms with van der Waals surface area (Å²) < 4.78 is 0. The molecule has 0 saturated carbocycles. The van der Waals surface area contributed by atoms with E-state index in [9.17, 15) is 0 Å². The molecular formula is C44H60N2. The summed E-state index contributed by atoms with van der Waals surface area (Å²) >= 11 is 0. The molecule has 2 nitrogen and oxygen atoms in total. The van der Waals surface area contributed by atoms with Crippen LogP contribution < -0.4 is 11.5 Å². The normalized spacial score (nSPS) is 11.3. The first-order chi connectivity index (χ1) is 22.5. The Morgan fingerprint density at radius 1 is 0.348 bits per heavy atom. The second kappa shape index (κ2) is 19.9. The quantitative estimate of drug-likeness (QED) is 0.0723. The SMILES string of the molecule is CCCCCc1cc(N)ccc1Cc1ccc(CCCCCCCCc2ccc(Cc3ccc(N)cc3CCCCC)cc2)cc1. The van der Waals surface area contributed by atoms with Crippen molar-refractivity contribution < 1.29 is 0 Å². The third-order valence-corrected chi connectivity index (χ3v) is 9.58. The molecule has 0 fully saturated rings. The summed E-state index contributed by atoms with van der Waals surface area (Å²) in [5.74, 6) is 0. The second-order valence-corrected chi connectivity index (χ2v) is 13.6. The molecule has 0 aliphatic heterocycles. The van der Waals surface area contributed by atoms with Crippen LogP contribution in [0, 0.1) is 0 Å². The Balaban J connectivity index is 1.10. The molecule has 4 aromatic carbocycles. The Morgan fingerprint density at radius 2 is 0.696 bits per heavy atom. The molecule has 0 aliphatic carbocycles. The van der Waals surface area contributed by atoms with Crippen LogP contribution in [0.3, 0.4) is 0 Å². The first-order valence-electron chi connectivity index (χ1n) is 18.4. The van der Waals surface area contributed by atoms with Crippen molar-refractivity contribution >= 4 is 11.4 Å². The van der Waals surface area contributed by atoms with Crippen LogP contribution in [0.1, 0.15) is 135 Å². The molecule has 46 heavy (non-hydrogen) atoms. The number of hydrogen-bond donors (Lipinski definition) is 2. The van der Waals surface area contributed by atoms with Gasteiger partial charge in [0.15, 0.2) is 0 Å². The molecule has 0 unspecified atom stereocenters. The van der Waals surface area contributed by atoms with Crippen LogP contribution in [0.15, 0.2) is 84.9 Å². The molecule has 246 valence electrons. The van der Waals surface area contributed by atoms with E-state index in [-0.39, 0.29) is 0 Å². The minimum absolute atomic E-state index is 0.883. The smallest absolute Gasteiger partial charge is 0.0316 e. The van der Waals surface area contributed by atoms with E-state index in [0.717, 1.165) is 37.1 Å². The molecule has 4 aromatic rings. The number of unbranched alkanes of at least 4 members (excludes halogenated alkanes) is 9. The molecule has 0 amide bonds. The zero-order valence-corrected chi connectivity index (χ0v) is 29.0. The zero-order chi connectivity index (χ0) is 32.4. The fraction of sp³-hybridized carbons (Fsp3) is 0.455. The maximum atomic E-state index is 6.10. The van der Waals surface area contributed by atoms with Gasteiger partial charge in [-0.2, -0.15) is 0 Å². The van der Waals surface area contributed by atoms with Gasteiger partial charge in [0.25, 0.3) is 0 Å². The van der Waals surface area contributed by atoms with Gasteiger partial charge in [0, 0.05) is 11.4 Å². The molecule has 0 aliphatic rings. The molecular weight excluding hydrogens is 556 g/mol. The van der Waals surface area contributed by atoms with Gasteiger partial charge >= 0.3 is 0 Å². The maximum Gasteiger partial charge on any atom is 0.0316 e. The van der Waals surface area contributed by atoms with Crippen LogP contribution in [-0.4, -0.2) is 0 Å². The van der Waals surface area contributed by atoms with Crippen molar-refractivity contribution in [3.05, 3.63) is 129 Å². The Hall–Kier alpha value is -3.52. The van der Waals surface area contributed by atoms with Gasteiger partial charge < -0.3 is 11.5 Å². The summed E-state index contributed by atoms with van der Waals surface area (Å²) in [5, 5.41) is 0. The first-order valence-corrected chi connectivity index (χ1v) is 18.4. The molecule has 0 heterocycles. The van der Waals surface area contributed by atoms with Crippen molar-refractivity contribution in [1.29, 1.82) is 0 Å². The standard InChI is InChI=1S/C44H60N2/c1-3-5-11-17-39-33-43(45)29-27-41(39)31-37-23-19-35(20-24-37)15-13-9-7-8-10-14-16-36-21-25-38(26-22-36)32-42-28-30-44(46)34-40(42)18-12-6-4-2/h19-30,33-34H,3-18,31-32,45-46H2,1-2H3. The number of aryl methyl sites for hydroxylation is 4. The Kier molecular flexibility index (Phi) is 15.3. The lowest BCUT2D eigenvalue weighted by atomic mass is 9.94. The molecule has 0 spiro atoms. The average molecular weight is 617 g/mol. The minimum atomic E-state index is 0.883. The molecule has 0 atom stereocenters. The first kappa shape index (κ1) is 35.3. The Morgan fingerprint density at radius 3 is 1.09 bits per heavy atom. The van der Waals surface area contributed by atoms with Crippen molar-refractivity contribution in [2.45, 2.75) is 129 Å². The van der Waals surface area contributed by atoms with Crippen LogP contribution in [0.25, 0.3) is 0 Å². The van der Waals surface area contributed by atoms with Gasteiger partial charge in [-0.1, -0.05) is 126 Å². The largest absolute Gasteiger partial charge is 0.399 e. The summed E-state index contributed by atoms with van der Waals surface area (Å²) in [6.45, 7) is 4.52. The van der Waals surface area contributed by atoms with E-state index in [1.54, 1.807) is 0 Å². The monoisotopic (exact) mass is 616 g/mol. The number of anilines is 2. The Labute approximate surface area is 281 Å². The van der Waals surface area contributed by atoms with Crippen molar-refractivity contribution in [3.8, 4) is 0 Å². The number of nitrogens with two attached hydrogens (primary N) is 2. The highest BCUT2D eigenvalue weighted by atomic mass is 14.5. The van der Waals surface area contributed by atoms with Gasteiger partial charge in [0.05, 0.1) is 0 Å². The summed E-state index contributed by atoms with van der Waals surface area (Å²) in [7, 11) is 0. The highest BCUT2D eigenvalue weighted by Crippen LogP contribution is 2.23. The van der Waals surface area contributed by atoms with Crippen LogP contribution >= 0.6 is 0 Å². The molecule has 2 heteroatoms. The molecule has 0 saturated heterocycles. The van der Waals surface area contributed by atoms with E-state index in [0.29, 0.717) is 0 Å². The zero-order valence-electron chi connectivity index (χ0n) is 29.0.